The van der Waals surface area contributed by atoms with E-state index in [-0.39, 0.29) is 5.41 Å². The molecule has 4 bridgehead atoms. The fourth-order valence-corrected chi connectivity index (χ4v) is 11.3. The Hall–Kier alpha value is -5.08. The van der Waals surface area contributed by atoms with Gasteiger partial charge in [-0.1, -0.05) is 112 Å². The molecule has 11 rings (SSSR count). The van der Waals surface area contributed by atoms with Crippen LogP contribution in [0.4, 0.5) is 34.1 Å². The molecule has 0 aromatic heterocycles. The average Bonchev–Trinajstić information content (AvgIpc) is 3.41. The van der Waals surface area contributed by atoms with E-state index in [4.69, 9.17) is 0 Å². The van der Waals surface area contributed by atoms with E-state index in [1.54, 1.807) is 5.56 Å². The van der Waals surface area contributed by atoms with Gasteiger partial charge in [0.25, 0.3) is 0 Å². The fourth-order valence-electron chi connectivity index (χ4n) is 11.3. The molecule has 0 N–H and O–H groups in total. The summed E-state index contributed by atoms with van der Waals surface area (Å²) < 4.78 is 0. The van der Waals surface area contributed by atoms with Crippen LogP contribution in [0, 0.1) is 23.7 Å². The van der Waals surface area contributed by atoms with Crippen LogP contribution in [0.15, 0.2) is 152 Å². The molecule has 4 saturated carbocycles. The number of nitrogens with zero attached hydrogens (tertiary/aromatic N) is 2. The van der Waals surface area contributed by atoms with Crippen molar-refractivity contribution < 1.29 is 0 Å². The molecule has 6 aromatic carbocycles. The van der Waals surface area contributed by atoms with Crippen LogP contribution in [0.3, 0.4) is 0 Å². The molecule has 0 heterocycles. The van der Waals surface area contributed by atoms with Gasteiger partial charge in [0.05, 0.1) is 5.69 Å². The van der Waals surface area contributed by atoms with Crippen molar-refractivity contribution in [2.45, 2.75) is 63.7 Å². The maximum atomic E-state index is 2.54. The highest BCUT2D eigenvalue weighted by Crippen LogP contribution is 2.63. The Bertz CT molecular complexity index is 2240. The third kappa shape index (κ3) is 4.90. The zero-order valence-corrected chi connectivity index (χ0v) is 30.7. The van der Waals surface area contributed by atoms with Crippen molar-refractivity contribution >= 4 is 34.1 Å². The summed E-state index contributed by atoms with van der Waals surface area (Å²) in [7, 11) is 0. The van der Waals surface area contributed by atoms with E-state index in [1.165, 1.54) is 71.4 Å². The van der Waals surface area contributed by atoms with Gasteiger partial charge in [-0.3, -0.25) is 0 Å². The zero-order chi connectivity index (χ0) is 35.0. The lowest BCUT2D eigenvalue weighted by Gasteiger charge is -2.60. The third-order valence-electron chi connectivity index (χ3n) is 13.7. The van der Waals surface area contributed by atoms with Gasteiger partial charge in [-0.05, 0) is 144 Å². The Kier molecular flexibility index (Phi) is 7.29. The molecule has 2 nitrogen and oxygen atoms in total. The smallest absolute Gasteiger partial charge is 0.0543 e. The Balaban J connectivity index is 1.08. The lowest BCUT2D eigenvalue weighted by atomic mass is 9.45. The molecule has 258 valence electrons. The van der Waals surface area contributed by atoms with Gasteiger partial charge < -0.3 is 9.80 Å². The molecule has 52 heavy (non-hydrogen) atoms. The van der Waals surface area contributed by atoms with Crippen molar-refractivity contribution in [1.29, 1.82) is 0 Å². The number of anilines is 6. The molecule has 2 heteroatoms. The van der Waals surface area contributed by atoms with E-state index in [9.17, 15) is 0 Å². The molecule has 0 aliphatic heterocycles. The SMILES string of the molecule is CC1C2CC3CC1CC(c1ccc(N(c4ccccc4)c4cccc(N(c5ccccc5)c5cccc6c5-c5ccccc5C6(C)C)c4)cc1)(C3)C2. The Morgan fingerprint density at radius 2 is 1.04 bits per heavy atom. The minimum Gasteiger partial charge on any atom is -0.310 e. The number of hydrogen-bond acceptors (Lipinski definition) is 2. The van der Waals surface area contributed by atoms with Crippen LogP contribution in [-0.4, -0.2) is 0 Å². The standard InChI is InChI=1S/C50H48N2/c1-34-36-28-35-29-37(34)33-50(31-35,32-36)38-24-26-41(27-25-38)51(39-14-6-4-7-15-39)42-18-12-19-43(30-42)52(40-16-8-5-9-17-40)47-23-13-22-46-48(47)44-20-10-11-21-45(44)49(46,2)3/h4-27,30,34-37H,28-29,31-33H2,1-3H3. The number of fused-ring (bicyclic) bond motifs is 3. The van der Waals surface area contributed by atoms with Crippen LogP contribution in [0.25, 0.3) is 11.1 Å². The molecule has 2 atom stereocenters. The maximum Gasteiger partial charge on any atom is 0.0543 e. The van der Waals surface area contributed by atoms with Gasteiger partial charge in [0.15, 0.2) is 0 Å². The molecule has 4 fully saturated rings. The molecule has 0 spiro atoms. The summed E-state index contributed by atoms with van der Waals surface area (Å²) in [5, 5.41) is 0. The highest BCUT2D eigenvalue weighted by Gasteiger charge is 2.54. The van der Waals surface area contributed by atoms with Crippen molar-refractivity contribution in [2.75, 3.05) is 9.80 Å². The molecular weight excluding hydrogens is 629 g/mol. The van der Waals surface area contributed by atoms with Gasteiger partial charge in [0.2, 0.25) is 0 Å². The van der Waals surface area contributed by atoms with E-state index in [0.717, 1.165) is 40.7 Å². The van der Waals surface area contributed by atoms with E-state index < -0.39 is 0 Å². The average molecular weight is 677 g/mol. The highest BCUT2D eigenvalue weighted by atomic mass is 15.2. The van der Waals surface area contributed by atoms with Crippen molar-refractivity contribution in [3.8, 4) is 11.1 Å². The lowest BCUT2D eigenvalue weighted by Crippen LogP contribution is -2.52. The van der Waals surface area contributed by atoms with Crippen LogP contribution in [0.1, 0.15) is 69.6 Å². The number of benzene rings is 6. The second-order valence-corrected chi connectivity index (χ2v) is 16.9. The van der Waals surface area contributed by atoms with E-state index in [1.807, 2.05) is 0 Å². The van der Waals surface area contributed by atoms with Gasteiger partial charge in [-0.2, -0.15) is 0 Å². The molecule has 6 aromatic rings. The number of hydrogen-bond donors (Lipinski definition) is 0. The summed E-state index contributed by atoms with van der Waals surface area (Å²) >= 11 is 0. The van der Waals surface area contributed by atoms with Crippen LogP contribution in [0.2, 0.25) is 0 Å². The second kappa shape index (κ2) is 12.0. The Morgan fingerprint density at radius 3 is 1.73 bits per heavy atom. The monoisotopic (exact) mass is 676 g/mol. The van der Waals surface area contributed by atoms with Crippen molar-refractivity contribution in [3.63, 3.8) is 0 Å². The summed E-state index contributed by atoms with van der Waals surface area (Å²) in [5.74, 6) is 3.65. The summed E-state index contributed by atoms with van der Waals surface area (Å²) in [6.45, 7) is 7.27. The van der Waals surface area contributed by atoms with Gasteiger partial charge in [0.1, 0.15) is 0 Å². The second-order valence-electron chi connectivity index (χ2n) is 16.9. The Morgan fingerprint density at radius 1 is 0.500 bits per heavy atom. The van der Waals surface area contributed by atoms with Gasteiger partial charge >= 0.3 is 0 Å². The molecule has 0 radical (unpaired) electrons. The van der Waals surface area contributed by atoms with Gasteiger partial charge in [-0.25, -0.2) is 0 Å². The zero-order valence-electron chi connectivity index (χ0n) is 30.7. The molecule has 2 unspecified atom stereocenters. The first-order valence-electron chi connectivity index (χ1n) is 19.5. The summed E-state index contributed by atoms with van der Waals surface area (Å²) in [6.07, 6.45) is 7.07. The van der Waals surface area contributed by atoms with Crippen molar-refractivity contribution in [1.82, 2.24) is 0 Å². The summed E-state index contributed by atoms with van der Waals surface area (Å²) in [6, 6.07) is 56.5. The summed E-state index contributed by atoms with van der Waals surface area (Å²) in [4.78, 5) is 4.90. The molecule has 0 saturated heterocycles. The largest absolute Gasteiger partial charge is 0.310 e. The molecular formula is C50H48N2. The molecule has 5 aliphatic rings. The van der Waals surface area contributed by atoms with Gasteiger partial charge in [-0.15, -0.1) is 0 Å². The first-order chi connectivity index (χ1) is 25.4. The van der Waals surface area contributed by atoms with E-state index >= 15 is 0 Å². The molecule has 5 aliphatic carbocycles. The van der Waals surface area contributed by atoms with Crippen LogP contribution in [-0.2, 0) is 10.8 Å². The van der Waals surface area contributed by atoms with Crippen molar-refractivity contribution in [3.05, 3.63) is 168 Å². The molecule has 0 amide bonds. The highest BCUT2D eigenvalue weighted by molar-refractivity contribution is 5.95. The Labute approximate surface area is 309 Å². The fraction of sp³-hybridized carbons (Fsp3) is 0.280. The van der Waals surface area contributed by atoms with Crippen LogP contribution in [0.5, 0.6) is 0 Å². The minimum atomic E-state index is -0.0726. The summed E-state index contributed by atoms with van der Waals surface area (Å²) in [5.41, 5.74) is 14.3. The maximum absolute atomic E-state index is 2.54. The van der Waals surface area contributed by atoms with Crippen LogP contribution >= 0.6 is 0 Å². The number of para-hydroxylation sites is 2. The van der Waals surface area contributed by atoms with E-state index in [2.05, 4.69) is 182 Å². The lowest BCUT2D eigenvalue weighted by molar-refractivity contribution is -0.0489. The first kappa shape index (κ1) is 31.6. The first-order valence-corrected chi connectivity index (χ1v) is 19.5. The predicted octanol–water partition coefficient (Wildman–Crippen LogP) is 13.6. The number of rotatable bonds is 7. The quantitative estimate of drug-likeness (QED) is 0.166. The van der Waals surface area contributed by atoms with Crippen LogP contribution < -0.4 is 9.80 Å². The van der Waals surface area contributed by atoms with Crippen molar-refractivity contribution in [2.24, 2.45) is 23.7 Å². The normalized spacial score (nSPS) is 24.7. The minimum absolute atomic E-state index is 0.0726. The third-order valence-corrected chi connectivity index (χ3v) is 13.7. The topological polar surface area (TPSA) is 6.48 Å². The van der Waals surface area contributed by atoms with Gasteiger partial charge in [0, 0.05) is 39.4 Å². The predicted molar refractivity (Wildman–Crippen MR) is 218 cm³/mol. The van der Waals surface area contributed by atoms with E-state index in [0.29, 0.717) is 5.41 Å².